The Kier molecular flexibility index (Phi) is 6.83. The van der Waals surface area contributed by atoms with Crippen LogP contribution >= 0.6 is 11.6 Å². The number of rotatable bonds is 7. The number of ether oxygens (including phenoxy) is 2. The van der Waals surface area contributed by atoms with Gasteiger partial charge in [-0.2, -0.15) is 0 Å². The van der Waals surface area contributed by atoms with Crippen LogP contribution in [0.1, 0.15) is 12.5 Å². The molecule has 0 saturated carbocycles. The van der Waals surface area contributed by atoms with Crippen molar-refractivity contribution in [3.63, 3.8) is 0 Å². The molecule has 0 aliphatic rings. The largest absolute Gasteiger partial charge is 0.482 e. The van der Waals surface area contributed by atoms with Crippen molar-refractivity contribution in [3.05, 3.63) is 65.2 Å². The van der Waals surface area contributed by atoms with E-state index in [-0.39, 0.29) is 12.5 Å². The van der Waals surface area contributed by atoms with Gasteiger partial charge in [-0.3, -0.25) is 4.79 Å². The highest BCUT2D eigenvalue weighted by molar-refractivity contribution is 6.30. The molecule has 1 atom stereocenters. The van der Waals surface area contributed by atoms with Crippen LogP contribution in [-0.2, 0) is 20.9 Å². The van der Waals surface area contributed by atoms with Gasteiger partial charge in [-0.15, -0.1) is 0 Å². The SMILES string of the molecule is CC(OC(=O)COc1cccc(Cl)c1)C(=O)N(C)Cc1ccccc1. The Morgan fingerprint density at radius 1 is 1.12 bits per heavy atom. The average molecular weight is 362 g/mol. The van der Waals surface area contributed by atoms with Crippen LogP contribution in [0.25, 0.3) is 0 Å². The number of halogens is 1. The van der Waals surface area contributed by atoms with Crippen LogP contribution in [0.2, 0.25) is 5.02 Å². The van der Waals surface area contributed by atoms with Crippen molar-refractivity contribution in [1.82, 2.24) is 4.90 Å². The van der Waals surface area contributed by atoms with Crippen LogP contribution in [-0.4, -0.2) is 36.5 Å². The summed E-state index contributed by atoms with van der Waals surface area (Å²) in [6.45, 7) is 1.70. The van der Waals surface area contributed by atoms with E-state index in [2.05, 4.69) is 0 Å². The first-order chi connectivity index (χ1) is 12.0. The van der Waals surface area contributed by atoms with Crippen LogP contribution in [0.4, 0.5) is 0 Å². The molecule has 0 aromatic heterocycles. The zero-order valence-corrected chi connectivity index (χ0v) is 14.9. The molecule has 25 heavy (non-hydrogen) atoms. The minimum atomic E-state index is -0.885. The topological polar surface area (TPSA) is 55.8 Å². The fourth-order valence-electron chi connectivity index (χ4n) is 2.23. The molecule has 0 radical (unpaired) electrons. The molecule has 0 fully saturated rings. The van der Waals surface area contributed by atoms with Gasteiger partial charge < -0.3 is 14.4 Å². The summed E-state index contributed by atoms with van der Waals surface area (Å²) in [6.07, 6.45) is -0.885. The lowest BCUT2D eigenvalue weighted by molar-refractivity contribution is -0.160. The molecule has 0 aliphatic heterocycles. The first-order valence-electron chi connectivity index (χ1n) is 7.82. The number of carbonyl (C=O) groups excluding carboxylic acids is 2. The van der Waals surface area contributed by atoms with Crippen LogP contribution in [0.15, 0.2) is 54.6 Å². The Balaban J connectivity index is 1.80. The van der Waals surface area contributed by atoms with Gasteiger partial charge >= 0.3 is 5.97 Å². The van der Waals surface area contributed by atoms with Crippen molar-refractivity contribution in [1.29, 1.82) is 0 Å². The predicted molar refractivity (Wildman–Crippen MR) is 95.4 cm³/mol. The molecule has 0 heterocycles. The summed E-state index contributed by atoms with van der Waals surface area (Å²) in [7, 11) is 1.67. The molecule has 0 bridgehead atoms. The number of carbonyl (C=O) groups is 2. The zero-order valence-electron chi connectivity index (χ0n) is 14.1. The highest BCUT2D eigenvalue weighted by atomic mass is 35.5. The molecule has 2 aromatic rings. The third kappa shape index (κ3) is 6.12. The van der Waals surface area contributed by atoms with Crippen molar-refractivity contribution in [2.45, 2.75) is 19.6 Å². The minimum Gasteiger partial charge on any atom is -0.482 e. The van der Waals surface area contributed by atoms with Gasteiger partial charge in [-0.1, -0.05) is 48.0 Å². The lowest BCUT2D eigenvalue weighted by atomic mass is 10.2. The van der Waals surface area contributed by atoms with Crippen molar-refractivity contribution in [3.8, 4) is 5.75 Å². The fraction of sp³-hybridized carbons (Fsp3) is 0.263. The number of hydrogen-bond acceptors (Lipinski definition) is 4. The standard InChI is InChI=1S/C19H20ClNO4/c1-14(19(23)21(2)12-15-7-4-3-5-8-15)25-18(22)13-24-17-10-6-9-16(20)11-17/h3-11,14H,12-13H2,1-2H3. The van der Waals surface area contributed by atoms with Crippen molar-refractivity contribution >= 4 is 23.5 Å². The quantitative estimate of drug-likeness (QED) is 0.710. The minimum absolute atomic E-state index is 0.278. The van der Waals surface area contributed by atoms with E-state index in [4.69, 9.17) is 21.1 Å². The van der Waals surface area contributed by atoms with Gasteiger partial charge in [-0.25, -0.2) is 4.79 Å². The van der Waals surface area contributed by atoms with Gasteiger partial charge in [0.2, 0.25) is 0 Å². The van der Waals surface area contributed by atoms with Gasteiger partial charge in [-0.05, 0) is 30.7 Å². The maximum Gasteiger partial charge on any atom is 0.344 e. The van der Waals surface area contributed by atoms with Crippen molar-refractivity contribution in [2.75, 3.05) is 13.7 Å². The normalized spacial score (nSPS) is 11.5. The van der Waals surface area contributed by atoms with E-state index in [1.54, 1.807) is 38.2 Å². The summed E-state index contributed by atoms with van der Waals surface area (Å²) in [5.41, 5.74) is 1.00. The molecule has 0 spiro atoms. The van der Waals surface area contributed by atoms with Gasteiger partial charge in [0, 0.05) is 18.6 Å². The Morgan fingerprint density at radius 2 is 1.84 bits per heavy atom. The fourth-order valence-corrected chi connectivity index (χ4v) is 2.41. The number of nitrogens with zero attached hydrogens (tertiary/aromatic N) is 1. The zero-order chi connectivity index (χ0) is 18.2. The Hall–Kier alpha value is -2.53. The third-order valence-electron chi connectivity index (χ3n) is 3.45. The van der Waals surface area contributed by atoms with Crippen LogP contribution in [0, 0.1) is 0 Å². The number of hydrogen-bond donors (Lipinski definition) is 0. The summed E-state index contributed by atoms with van der Waals surface area (Å²) >= 11 is 5.84. The lowest BCUT2D eigenvalue weighted by Gasteiger charge is -2.21. The first kappa shape index (κ1) is 18.8. The summed E-state index contributed by atoms with van der Waals surface area (Å²) in [6, 6.07) is 16.3. The third-order valence-corrected chi connectivity index (χ3v) is 3.68. The van der Waals surface area contributed by atoms with E-state index in [0.29, 0.717) is 17.3 Å². The second-order valence-corrected chi connectivity index (χ2v) is 5.99. The van der Waals surface area contributed by atoms with E-state index in [9.17, 15) is 9.59 Å². The van der Waals surface area contributed by atoms with E-state index < -0.39 is 12.1 Å². The van der Waals surface area contributed by atoms with Crippen molar-refractivity contribution in [2.24, 2.45) is 0 Å². The molecule has 1 unspecified atom stereocenters. The molecule has 132 valence electrons. The molecule has 2 aromatic carbocycles. The van der Waals surface area contributed by atoms with E-state index in [1.165, 1.54) is 4.90 Å². The van der Waals surface area contributed by atoms with E-state index >= 15 is 0 Å². The van der Waals surface area contributed by atoms with Gasteiger partial charge in [0.15, 0.2) is 12.7 Å². The molecular weight excluding hydrogens is 342 g/mol. The average Bonchev–Trinajstić information content (AvgIpc) is 2.60. The second kappa shape index (κ2) is 9.08. The monoisotopic (exact) mass is 361 g/mol. The van der Waals surface area contributed by atoms with Crippen LogP contribution in [0.3, 0.4) is 0 Å². The molecule has 6 heteroatoms. The molecular formula is C19H20ClNO4. The maximum absolute atomic E-state index is 12.3. The predicted octanol–water partition coefficient (Wildman–Crippen LogP) is 3.31. The van der Waals surface area contributed by atoms with Gasteiger partial charge in [0.1, 0.15) is 5.75 Å². The van der Waals surface area contributed by atoms with Crippen molar-refractivity contribution < 1.29 is 19.1 Å². The summed E-state index contributed by atoms with van der Waals surface area (Å²) in [5, 5.41) is 0.511. The molecule has 2 rings (SSSR count). The summed E-state index contributed by atoms with van der Waals surface area (Å²) < 4.78 is 10.4. The summed E-state index contributed by atoms with van der Waals surface area (Å²) in [5.74, 6) is -0.432. The number of likely N-dealkylation sites (N-methyl/N-ethyl adjacent to an activating group) is 1. The Morgan fingerprint density at radius 3 is 2.52 bits per heavy atom. The smallest absolute Gasteiger partial charge is 0.344 e. The highest BCUT2D eigenvalue weighted by Gasteiger charge is 2.21. The highest BCUT2D eigenvalue weighted by Crippen LogP contribution is 2.17. The van der Waals surface area contributed by atoms with Gasteiger partial charge in [0.25, 0.3) is 5.91 Å². The second-order valence-electron chi connectivity index (χ2n) is 5.56. The van der Waals surface area contributed by atoms with E-state index in [0.717, 1.165) is 5.56 Å². The number of amides is 1. The summed E-state index contributed by atoms with van der Waals surface area (Å²) in [4.78, 5) is 25.7. The molecule has 5 nitrogen and oxygen atoms in total. The number of esters is 1. The van der Waals surface area contributed by atoms with E-state index in [1.807, 2.05) is 30.3 Å². The molecule has 1 amide bonds. The Labute approximate surface area is 152 Å². The molecule has 0 aliphatic carbocycles. The first-order valence-corrected chi connectivity index (χ1v) is 8.20. The maximum atomic E-state index is 12.3. The molecule has 0 saturated heterocycles. The Bertz CT molecular complexity index is 720. The molecule has 0 N–H and O–H groups in total. The van der Waals surface area contributed by atoms with Crippen LogP contribution < -0.4 is 4.74 Å². The lowest BCUT2D eigenvalue weighted by Crippen LogP contribution is -2.37. The number of benzene rings is 2. The van der Waals surface area contributed by atoms with Gasteiger partial charge in [0.05, 0.1) is 0 Å². The van der Waals surface area contributed by atoms with Crippen LogP contribution in [0.5, 0.6) is 5.75 Å².